The number of benzene rings is 1. The van der Waals surface area contributed by atoms with Gasteiger partial charge in [-0.1, -0.05) is 34.1 Å². The fourth-order valence-electron chi connectivity index (χ4n) is 2.93. The summed E-state index contributed by atoms with van der Waals surface area (Å²) in [6.45, 7) is 1.55. The minimum atomic E-state index is 0.523. The van der Waals surface area contributed by atoms with Crippen LogP contribution in [0.1, 0.15) is 24.4 Å². The Hall–Kier alpha value is -1.28. The minimum absolute atomic E-state index is 0.523. The van der Waals surface area contributed by atoms with Crippen LogP contribution in [0.15, 0.2) is 46.3 Å². The Balaban J connectivity index is 1.57. The van der Waals surface area contributed by atoms with Crippen molar-refractivity contribution in [3.05, 3.63) is 56.6 Å². The third-order valence-corrected chi connectivity index (χ3v) is 6.07. The van der Waals surface area contributed by atoms with E-state index < -0.39 is 0 Å². The smallest absolute Gasteiger partial charge is 0.199 e. The van der Waals surface area contributed by atoms with Crippen LogP contribution in [0.3, 0.4) is 0 Å². The summed E-state index contributed by atoms with van der Waals surface area (Å²) in [6, 6.07) is 13.1. The predicted molar refractivity (Wildman–Crippen MR) is 108 cm³/mol. The molecule has 1 aromatic carbocycles. The lowest BCUT2D eigenvalue weighted by Gasteiger charge is -2.16. The lowest BCUT2D eigenvalue weighted by molar-refractivity contribution is 0.244. The fraction of sp³-hybridized carbons (Fsp3) is 0.333. The van der Waals surface area contributed by atoms with Gasteiger partial charge in [0.15, 0.2) is 10.6 Å². The predicted octanol–water partition coefficient (Wildman–Crippen LogP) is 5.33. The van der Waals surface area contributed by atoms with Crippen LogP contribution in [-0.2, 0) is 13.2 Å². The number of thiophene rings is 1. The lowest BCUT2D eigenvalue weighted by atomic mass is 10.2. The zero-order valence-electron chi connectivity index (χ0n) is 13.9. The molecule has 130 valence electrons. The maximum atomic E-state index is 5.74. The van der Waals surface area contributed by atoms with E-state index in [1.807, 2.05) is 4.68 Å². The lowest BCUT2D eigenvalue weighted by Crippen LogP contribution is -2.22. The van der Waals surface area contributed by atoms with Gasteiger partial charge in [0.05, 0.1) is 11.5 Å². The number of aromatic nitrogens is 3. The van der Waals surface area contributed by atoms with E-state index >= 15 is 0 Å². The molecule has 0 radical (unpaired) electrons. The monoisotopic (exact) mass is 434 g/mol. The number of hydrogen-bond donors (Lipinski definition) is 0. The van der Waals surface area contributed by atoms with Crippen molar-refractivity contribution in [2.75, 3.05) is 7.05 Å². The highest BCUT2D eigenvalue weighted by atomic mass is 79.9. The summed E-state index contributed by atoms with van der Waals surface area (Å²) in [7, 11) is 2.10. The van der Waals surface area contributed by atoms with Crippen LogP contribution >= 0.6 is 39.5 Å². The third kappa shape index (κ3) is 3.79. The fourth-order valence-corrected chi connectivity index (χ4v) is 4.23. The standard InChI is InChI=1S/C18H19BrN4S2/c1-21(11-13-4-6-14(19)7-5-13)12-22-18(24)23(15-8-9-15)17(20-22)16-3-2-10-25-16/h2-7,10,15H,8-9,11-12H2,1H3. The molecule has 1 aliphatic carbocycles. The van der Waals surface area contributed by atoms with Gasteiger partial charge in [-0.25, -0.2) is 4.68 Å². The van der Waals surface area contributed by atoms with E-state index in [-0.39, 0.29) is 0 Å². The highest BCUT2D eigenvalue weighted by Gasteiger charge is 2.29. The second kappa shape index (κ2) is 7.15. The molecule has 4 rings (SSSR count). The van der Waals surface area contributed by atoms with Crippen molar-refractivity contribution in [2.24, 2.45) is 0 Å². The molecule has 0 bridgehead atoms. The van der Waals surface area contributed by atoms with Crippen LogP contribution in [-0.4, -0.2) is 26.3 Å². The van der Waals surface area contributed by atoms with Gasteiger partial charge in [0, 0.05) is 17.1 Å². The van der Waals surface area contributed by atoms with E-state index in [1.165, 1.54) is 23.3 Å². The largest absolute Gasteiger partial charge is 0.296 e. The summed E-state index contributed by atoms with van der Waals surface area (Å²) in [5, 5.41) is 6.94. The van der Waals surface area contributed by atoms with Gasteiger partial charge in [-0.15, -0.1) is 16.4 Å². The van der Waals surface area contributed by atoms with Crippen LogP contribution in [0.25, 0.3) is 10.7 Å². The Morgan fingerprint density at radius 1 is 1.28 bits per heavy atom. The topological polar surface area (TPSA) is 26.0 Å². The molecular weight excluding hydrogens is 416 g/mol. The van der Waals surface area contributed by atoms with Gasteiger partial charge in [0.2, 0.25) is 0 Å². The molecule has 1 saturated carbocycles. The van der Waals surface area contributed by atoms with Gasteiger partial charge in [-0.05, 0) is 61.2 Å². The average molecular weight is 435 g/mol. The molecule has 2 aromatic heterocycles. The SMILES string of the molecule is CN(Cc1ccc(Br)cc1)Cn1nc(-c2cccs2)n(C2CC2)c1=S. The highest BCUT2D eigenvalue weighted by Crippen LogP contribution is 2.39. The van der Waals surface area contributed by atoms with Crippen molar-refractivity contribution in [1.82, 2.24) is 19.2 Å². The molecule has 0 atom stereocenters. The molecule has 2 heterocycles. The van der Waals surface area contributed by atoms with Gasteiger partial charge in [0.25, 0.3) is 0 Å². The van der Waals surface area contributed by atoms with E-state index in [1.54, 1.807) is 11.3 Å². The number of halogens is 1. The quantitative estimate of drug-likeness (QED) is 0.490. The van der Waals surface area contributed by atoms with Gasteiger partial charge >= 0.3 is 0 Å². The molecule has 0 N–H and O–H groups in total. The summed E-state index contributed by atoms with van der Waals surface area (Å²) in [5.74, 6) is 1.01. The molecule has 1 aliphatic rings. The maximum absolute atomic E-state index is 5.74. The van der Waals surface area contributed by atoms with Crippen molar-refractivity contribution >= 4 is 39.5 Å². The molecule has 0 unspecified atom stereocenters. The van der Waals surface area contributed by atoms with Crippen molar-refractivity contribution in [2.45, 2.75) is 32.1 Å². The molecule has 25 heavy (non-hydrogen) atoms. The molecule has 4 nitrogen and oxygen atoms in total. The van der Waals surface area contributed by atoms with Gasteiger partial charge < -0.3 is 0 Å². The third-order valence-electron chi connectivity index (χ3n) is 4.27. The van der Waals surface area contributed by atoms with Gasteiger partial charge in [-0.2, -0.15) is 0 Å². The highest BCUT2D eigenvalue weighted by molar-refractivity contribution is 9.10. The molecule has 0 spiro atoms. The number of rotatable bonds is 6. The molecule has 0 saturated heterocycles. The maximum Gasteiger partial charge on any atom is 0.199 e. The van der Waals surface area contributed by atoms with Crippen LogP contribution in [0.4, 0.5) is 0 Å². The molecular formula is C18H19BrN4S2. The van der Waals surface area contributed by atoms with E-state index in [0.717, 1.165) is 21.6 Å². The van der Waals surface area contributed by atoms with Crippen LogP contribution in [0.2, 0.25) is 0 Å². The average Bonchev–Trinajstić information content (AvgIpc) is 3.17. The molecule has 0 aliphatic heterocycles. The zero-order valence-corrected chi connectivity index (χ0v) is 17.1. The van der Waals surface area contributed by atoms with Crippen molar-refractivity contribution in [3.8, 4) is 10.7 Å². The Bertz CT molecular complexity index is 908. The normalized spacial score (nSPS) is 14.4. The van der Waals surface area contributed by atoms with Gasteiger partial charge in [-0.3, -0.25) is 9.47 Å². The Labute approximate surface area is 164 Å². The first-order chi connectivity index (χ1) is 12.1. The van der Waals surface area contributed by atoms with Crippen molar-refractivity contribution < 1.29 is 0 Å². The molecule has 1 fully saturated rings. The van der Waals surface area contributed by atoms with Gasteiger partial charge in [0.1, 0.15) is 0 Å². The van der Waals surface area contributed by atoms with Crippen molar-refractivity contribution in [1.29, 1.82) is 0 Å². The van der Waals surface area contributed by atoms with E-state index in [9.17, 15) is 0 Å². The van der Waals surface area contributed by atoms with Crippen LogP contribution in [0, 0.1) is 4.77 Å². The Kier molecular flexibility index (Phi) is 4.90. The second-order valence-electron chi connectivity index (χ2n) is 6.47. The first kappa shape index (κ1) is 17.1. The van der Waals surface area contributed by atoms with Crippen LogP contribution < -0.4 is 0 Å². The van der Waals surface area contributed by atoms with E-state index in [4.69, 9.17) is 17.3 Å². The Morgan fingerprint density at radius 2 is 2.04 bits per heavy atom. The summed E-state index contributed by atoms with van der Waals surface area (Å²) >= 11 is 10.9. The molecule has 3 aromatic rings. The summed E-state index contributed by atoms with van der Waals surface area (Å²) in [6.07, 6.45) is 2.40. The number of nitrogens with zero attached hydrogens (tertiary/aromatic N) is 4. The summed E-state index contributed by atoms with van der Waals surface area (Å²) < 4.78 is 6.13. The molecule has 7 heteroatoms. The zero-order chi connectivity index (χ0) is 17.4. The van der Waals surface area contributed by atoms with Crippen molar-refractivity contribution in [3.63, 3.8) is 0 Å². The van der Waals surface area contributed by atoms with E-state index in [2.05, 4.69) is 74.2 Å². The first-order valence-corrected chi connectivity index (χ1v) is 10.4. The molecule has 0 amide bonds. The van der Waals surface area contributed by atoms with Crippen LogP contribution in [0.5, 0.6) is 0 Å². The number of hydrogen-bond acceptors (Lipinski definition) is 4. The Morgan fingerprint density at radius 3 is 2.68 bits per heavy atom. The first-order valence-electron chi connectivity index (χ1n) is 8.28. The summed E-state index contributed by atoms with van der Waals surface area (Å²) in [4.78, 5) is 3.42. The van der Waals surface area contributed by atoms with E-state index in [0.29, 0.717) is 12.7 Å². The second-order valence-corrected chi connectivity index (χ2v) is 8.69. The minimum Gasteiger partial charge on any atom is -0.296 e. The summed E-state index contributed by atoms with van der Waals surface area (Å²) in [5.41, 5.74) is 1.28.